The minimum absolute atomic E-state index is 0.577. The Bertz CT molecular complexity index is 177. The lowest BCUT2D eigenvalue weighted by atomic mass is 10.1. The van der Waals surface area contributed by atoms with Crippen LogP contribution in [-0.2, 0) is 0 Å². The maximum absolute atomic E-state index is 9.67. The van der Waals surface area contributed by atoms with Crippen LogP contribution in [0.5, 0.6) is 0 Å². The molecule has 1 rings (SSSR count). The normalized spacial score (nSPS) is 24.9. The fraction of sp³-hybridized carbons (Fsp3) is 1.00. The van der Waals surface area contributed by atoms with Gasteiger partial charge in [-0.2, -0.15) is 0 Å². The molecule has 1 aliphatic heterocycles. The summed E-state index contributed by atoms with van der Waals surface area (Å²) in [4.78, 5) is 4.65. The van der Waals surface area contributed by atoms with E-state index in [9.17, 15) is 5.11 Å². The highest BCUT2D eigenvalue weighted by Crippen LogP contribution is 2.16. The first-order valence-electron chi connectivity index (χ1n) is 5.49. The Kier molecular flexibility index (Phi) is 3.93. The molecule has 1 atom stereocenters. The molecule has 0 radical (unpaired) electrons. The first-order chi connectivity index (χ1) is 6.38. The highest BCUT2D eigenvalue weighted by atomic mass is 16.3. The fourth-order valence-corrected chi connectivity index (χ4v) is 2.29. The third-order valence-electron chi connectivity index (χ3n) is 2.85. The van der Waals surface area contributed by atoms with Gasteiger partial charge in [0.2, 0.25) is 0 Å². The first-order valence-corrected chi connectivity index (χ1v) is 5.49. The molecule has 1 unspecified atom stereocenters. The number of aliphatic hydroxyl groups is 1. The molecule has 14 heavy (non-hydrogen) atoms. The molecule has 3 heteroatoms. The molecule has 84 valence electrons. The lowest BCUT2D eigenvalue weighted by Gasteiger charge is -2.29. The molecule has 0 saturated carbocycles. The fourth-order valence-electron chi connectivity index (χ4n) is 2.29. The molecule has 1 saturated heterocycles. The van der Waals surface area contributed by atoms with E-state index >= 15 is 0 Å². The molecule has 0 amide bonds. The maximum Gasteiger partial charge on any atom is 0.0718 e. The van der Waals surface area contributed by atoms with Gasteiger partial charge in [-0.05, 0) is 47.3 Å². The predicted octanol–water partition coefficient (Wildman–Crippen LogP) is 0.783. The van der Waals surface area contributed by atoms with Crippen molar-refractivity contribution in [2.45, 2.75) is 38.3 Å². The van der Waals surface area contributed by atoms with Crippen molar-refractivity contribution in [3.63, 3.8) is 0 Å². The van der Waals surface area contributed by atoms with Crippen molar-refractivity contribution in [2.75, 3.05) is 33.7 Å². The molecule has 3 nitrogen and oxygen atoms in total. The Morgan fingerprint density at radius 2 is 2.14 bits per heavy atom. The standard InChI is InChI=1S/C11H24N2O/c1-11(2,14)9-12(3)8-10-6-5-7-13(10)4/h10,14H,5-9H2,1-4H3. The average Bonchev–Trinajstić information content (AvgIpc) is 2.32. The summed E-state index contributed by atoms with van der Waals surface area (Å²) in [5.74, 6) is 0. The number of nitrogens with zero attached hydrogens (tertiary/aromatic N) is 2. The third-order valence-corrected chi connectivity index (χ3v) is 2.85. The number of hydrogen-bond donors (Lipinski definition) is 1. The van der Waals surface area contributed by atoms with E-state index in [1.807, 2.05) is 13.8 Å². The summed E-state index contributed by atoms with van der Waals surface area (Å²) in [6.45, 7) is 6.77. The maximum atomic E-state index is 9.67. The second-order valence-electron chi connectivity index (χ2n) is 5.29. The van der Waals surface area contributed by atoms with Crippen LogP contribution in [0, 0.1) is 0 Å². The number of hydrogen-bond acceptors (Lipinski definition) is 3. The Hall–Kier alpha value is -0.120. The van der Waals surface area contributed by atoms with Gasteiger partial charge in [0, 0.05) is 19.1 Å². The summed E-state index contributed by atoms with van der Waals surface area (Å²) >= 11 is 0. The molecule has 1 fully saturated rings. The number of likely N-dealkylation sites (tertiary alicyclic amines) is 1. The summed E-state index contributed by atoms with van der Waals surface area (Å²) in [5.41, 5.74) is -0.577. The van der Waals surface area contributed by atoms with Crippen LogP contribution in [0.3, 0.4) is 0 Å². The Balaban J connectivity index is 2.29. The molecule has 0 aromatic heterocycles. The highest BCUT2D eigenvalue weighted by Gasteiger charge is 2.24. The molecule has 1 N–H and O–H groups in total. The van der Waals surface area contributed by atoms with Crippen LogP contribution in [0.25, 0.3) is 0 Å². The average molecular weight is 200 g/mol. The molecule has 0 aliphatic carbocycles. The molecule has 0 bridgehead atoms. The van der Waals surface area contributed by atoms with E-state index in [0.717, 1.165) is 13.1 Å². The predicted molar refractivity (Wildman–Crippen MR) is 59.4 cm³/mol. The van der Waals surface area contributed by atoms with E-state index in [4.69, 9.17) is 0 Å². The molecule has 0 spiro atoms. The van der Waals surface area contributed by atoms with Crippen molar-refractivity contribution in [1.82, 2.24) is 9.80 Å². The largest absolute Gasteiger partial charge is 0.389 e. The Labute approximate surface area is 87.7 Å². The molecule has 0 aromatic carbocycles. The summed E-state index contributed by atoms with van der Waals surface area (Å²) in [7, 11) is 4.28. The lowest BCUT2D eigenvalue weighted by molar-refractivity contribution is 0.0387. The second-order valence-corrected chi connectivity index (χ2v) is 5.29. The van der Waals surface area contributed by atoms with Crippen molar-refractivity contribution in [3.05, 3.63) is 0 Å². The van der Waals surface area contributed by atoms with Gasteiger partial charge in [-0.1, -0.05) is 0 Å². The summed E-state index contributed by atoms with van der Waals surface area (Å²) in [5, 5.41) is 9.67. The van der Waals surface area contributed by atoms with E-state index in [1.165, 1.54) is 19.4 Å². The van der Waals surface area contributed by atoms with Crippen molar-refractivity contribution < 1.29 is 5.11 Å². The first kappa shape index (κ1) is 12.0. The summed E-state index contributed by atoms with van der Waals surface area (Å²) in [6, 6.07) is 0.683. The summed E-state index contributed by atoms with van der Waals surface area (Å²) < 4.78 is 0. The zero-order valence-corrected chi connectivity index (χ0v) is 9.95. The zero-order chi connectivity index (χ0) is 10.8. The monoisotopic (exact) mass is 200 g/mol. The second kappa shape index (κ2) is 4.60. The van der Waals surface area contributed by atoms with Crippen LogP contribution in [0.1, 0.15) is 26.7 Å². The van der Waals surface area contributed by atoms with Crippen molar-refractivity contribution in [1.29, 1.82) is 0 Å². The molecule has 1 aliphatic rings. The van der Waals surface area contributed by atoms with Crippen molar-refractivity contribution in [3.8, 4) is 0 Å². The van der Waals surface area contributed by atoms with E-state index in [0.29, 0.717) is 6.04 Å². The minimum atomic E-state index is -0.577. The van der Waals surface area contributed by atoms with E-state index in [-0.39, 0.29) is 0 Å². The van der Waals surface area contributed by atoms with Gasteiger partial charge in [0.15, 0.2) is 0 Å². The van der Waals surface area contributed by atoms with Gasteiger partial charge in [0.1, 0.15) is 0 Å². The third kappa shape index (κ3) is 3.95. The molecule has 1 heterocycles. The van der Waals surface area contributed by atoms with Gasteiger partial charge < -0.3 is 14.9 Å². The van der Waals surface area contributed by atoms with Gasteiger partial charge in [-0.25, -0.2) is 0 Å². The van der Waals surface area contributed by atoms with Crippen molar-refractivity contribution in [2.24, 2.45) is 0 Å². The molecular formula is C11H24N2O. The molecular weight excluding hydrogens is 176 g/mol. The van der Waals surface area contributed by atoms with Crippen LogP contribution in [0.15, 0.2) is 0 Å². The van der Waals surface area contributed by atoms with Gasteiger partial charge >= 0.3 is 0 Å². The van der Waals surface area contributed by atoms with E-state index in [2.05, 4.69) is 23.9 Å². The SMILES string of the molecule is CN(CC1CCCN1C)CC(C)(C)O. The topological polar surface area (TPSA) is 26.7 Å². The van der Waals surface area contributed by atoms with Crippen LogP contribution >= 0.6 is 0 Å². The minimum Gasteiger partial charge on any atom is -0.389 e. The van der Waals surface area contributed by atoms with Crippen LogP contribution in [0.4, 0.5) is 0 Å². The zero-order valence-electron chi connectivity index (χ0n) is 9.95. The van der Waals surface area contributed by atoms with Crippen molar-refractivity contribution >= 4 is 0 Å². The summed E-state index contributed by atoms with van der Waals surface area (Å²) in [6.07, 6.45) is 2.62. The van der Waals surface area contributed by atoms with Crippen LogP contribution in [-0.4, -0.2) is 60.3 Å². The van der Waals surface area contributed by atoms with Gasteiger partial charge in [-0.15, -0.1) is 0 Å². The molecule has 0 aromatic rings. The smallest absolute Gasteiger partial charge is 0.0718 e. The quantitative estimate of drug-likeness (QED) is 0.726. The number of likely N-dealkylation sites (N-methyl/N-ethyl adjacent to an activating group) is 2. The lowest BCUT2D eigenvalue weighted by Crippen LogP contribution is -2.42. The van der Waals surface area contributed by atoms with Crippen LogP contribution < -0.4 is 0 Å². The van der Waals surface area contributed by atoms with Gasteiger partial charge in [-0.3, -0.25) is 0 Å². The van der Waals surface area contributed by atoms with E-state index < -0.39 is 5.60 Å². The van der Waals surface area contributed by atoms with Gasteiger partial charge in [0.05, 0.1) is 5.60 Å². The number of rotatable bonds is 4. The Morgan fingerprint density at radius 1 is 1.50 bits per heavy atom. The van der Waals surface area contributed by atoms with Crippen LogP contribution in [0.2, 0.25) is 0 Å². The van der Waals surface area contributed by atoms with Gasteiger partial charge in [0.25, 0.3) is 0 Å². The van der Waals surface area contributed by atoms with E-state index in [1.54, 1.807) is 0 Å². The Morgan fingerprint density at radius 3 is 2.57 bits per heavy atom. The highest BCUT2D eigenvalue weighted by molar-refractivity contribution is 4.80.